The highest BCUT2D eigenvalue weighted by Gasteiger charge is 2.22. The molecular formula is C14H10N4O6S. The van der Waals surface area contributed by atoms with E-state index in [1.165, 1.54) is 18.0 Å². The minimum Gasteiger partial charge on any atom is -0.504 e. The van der Waals surface area contributed by atoms with Gasteiger partial charge in [0.1, 0.15) is 0 Å². The summed E-state index contributed by atoms with van der Waals surface area (Å²) in [6.07, 6.45) is 3.15. The highest BCUT2D eigenvalue weighted by atomic mass is 32.2. The van der Waals surface area contributed by atoms with Gasteiger partial charge in [-0.15, -0.1) is 11.8 Å². The van der Waals surface area contributed by atoms with Crippen molar-refractivity contribution in [3.63, 3.8) is 0 Å². The van der Waals surface area contributed by atoms with Crippen LogP contribution in [0.25, 0.3) is 22.8 Å². The summed E-state index contributed by atoms with van der Waals surface area (Å²) < 4.78 is 5.08. The quantitative estimate of drug-likeness (QED) is 0.274. The zero-order valence-corrected chi connectivity index (χ0v) is 13.4. The Hall–Kier alpha value is -3.34. The van der Waals surface area contributed by atoms with E-state index in [1.807, 2.05) is 0 Å². The van der Waals surface area contributed by atoms with E-state index in [1.54, 1.807) is 12.3 Å². The lowest BCUT2D eigenvalue weighted by Gasteiger charge is -2.01. The van der Waals surface area contributed by atoms with Crippen molar-refractivity contribution < 1.29 is 19.7 Å². The minimum atomic E-state index is -0.854. The zero-order chi connectivity index (χ0) is 18.1. The Morgan fingerprint density at radius 1 is 1.36 bits per heavy atom. The van der Waals surface area contributed by atoms with Crippen LogP contribution in [-0.4, -0.2) is 36.5 Å². The van der Waals surface area contributed by atoms with Crippen LogP contribution < -0.4 is 5.56 Å². The van der Waals surface area contributed by atoms with Crippen LogP contribution in [-0.2, 0) is 0 Å². The normalized spacial score (nSPS) is 10.8. The van der Waals surface area contributed by atoms with Gasteiger partial charge in [0.25, 0.3) is 11.4 Å². The van der Waals surface area contributed by atoms with E-state index < -0.39 is 22.1 Å². The predicted molar refractivity (Wildman–Crippen MR) is 87.6 cm³/mol. The van der Waals surface area contributed by atoms with Crippen molar-refractivity contribution in [2.24, 2.45) is 0 Å². The maximum absolute atomic E-state index is 11.8. The monoisotopic (exact) mass is 362 g/mol. The van der Waals surface area contributed by atoms with Crippen molar-refractivity contribution in [2.45, 2.75) is 4.90 Å². The van der Waals surface area contributed by atoms with Crippen molar-refractivity contribution in [3.8, 4) is 34.3 Å². The Labute approximate surface area is 143 Å². The Morgan fingerprint density at radius 2 is 2.12 bits per heavy atom. The van der Waals surface area contributed by atoms with Crippen molar-refractivity contribution in [2.75, 3.05) is 6.26 Å². The third-order valence-electron chi connectivity index (χ3n) is 3.30. The summed E-state index contributed by atoms with van der Waals surface area (Å²) in [5.41, 5.74) is -0.523. The van der Waals surface area contributed by atoms with Gasteiger partial charge in [0.15, 0.2) is 5.75 Å². The molecule has 10 nitrogen and oxygen atoms in total. The molecule has 0 atom stereocenters. The first-order chi connectivity index (χ1) is 11.9. The van der Waals surface area contributed by atoms with Crippen molar-refractivity contribution in [3.05, 3.63) is 44.9 Å². The molecule has 11 heteroatoms. The van der Waals surface area contributed by atoms with E-state index in [0.717, 1.165) is 12.1 Å². The number of nitro benzene ring substituents is 1. The number of phenols is 2. The van der Waals surface area contributed by atoms with Gasteiger partial charge in [-0.1, -0.05) is 5.16 Å². The number of rotatable bonds is 4. The van der Waals surface area contributed by atoms with Gasteiger partial charge in [0, 0.05) is 17.8 Å². The molecule has 0 unspecified atom stereocenters. The molecule has 0 fully saturated rings. The molecule has 1 aromatic carbocycles. The number of nitrogens with zero attached hydrogens (tertiary/aromatic N) is 3. The maximum atomic E-state index is 11.8. The molecule has 0 aliphatic heterocycles. The van der Waals surface area contributed by atoms with Crippen molar-refractivity contribution >= 4 is 17.4 Å². The Morgan fingerprint density at radius 3 is 2.80 bits per heavy atom. The van der Waals surface area contributed by atoms with Gasteiger partial charge in [0.05, 0.1) is 15.4 Å². The fourth-order valence-corrected chi connectivity index (χ4v) is 2.78. The number of H-pyrrole nitrogens is 1. The van der Waals surface area contributed by atoms with Crippen LogP contribution in [0, 0.1) is 10.1 Å². The highest BCUT2D eigenvalue weighted by Crippen LogP contribution is 2.39. The summed E-state index contributed by atoms with van der Waals surface area (Å²) in [7, 11) is 0. The standard InChI is InChI=1S/C14H10N4O6S/c1-25-11-7(2-3-15-13(11)21)12-16-14(24-17-12)6-4-8(18(22)23)10(20)9(19)5-6/h2-5,19-20H,1H3,(H,15,21). The third kappa shape index (κ3) is 2.92. The van der Waals surface area contributed by atoms with Crippen molar-refractivity contribution in [1.29, 1.82) is 0 Å². The first-order valence-corrected chi connectivity index (χ1v) is 7.95. The molecular weight excluding hydrogens is 352 g/mol. The van der Waals surface area contributed by atoms with Crippen LogP contribution >= 0.6 is 11.8 Å². The molecule has 0 aliphatic rings. The predicted octanol–water partition coefficient (Wildman–Crippen LogP) is 2.13. The zero-order valence-electron chi connectivity index (χ0n) is 12.6. The van der Waals surface area contributed by atoms with E-state index in [0.29, 0.717) is 10.5 Å². The Bertz CT molecular complexity index is 1030. The second-order valence-corrected chi connectivity index (χ2v) is 5.61. The van der Waals surface area contributed by atoms with Gasteiger partial charge in [-0.3, -0.25) is 14.9 Å². The highest BCUT2D eigenvalue weighted by molar-refractivity contribution is 7.98. The lowest BCUT2D eigenvalue weighted by atomic mass is 10.1. The third-order valence-corrected chi connectivity index (χ3v) is 4.11. The fraction of sp³-hybridized carbons (Fsp3) is 0.0714. The minimum absolute atomic E-state index is 0.0521. The molecule has 0 saturated carbocycles. The number of hydrogen-bond donors (Lipinski definition) is 3. The topological polar surface area (TPSA) is 155 Å². The molecule has 2 aromatic heterocycles. The van der Waals surface area contributed by atoms with Gasteiger partial charge in [-0.25, -0.2) is 0 Å². The molecule has 3 rings (SSSR count). The molecule has 0 bridgehead atoms. The molecule has 0 spiro atoms. The first-order valence-electron chi connectivity index (χ1n) is 6.73. The molecule has 128 valence electrons. The summed E-state index contributed by atoms with van der Waals surface area (Å²) >= 11 is 1.20. The lowest BCUT2D eigenvalue weighted by molar-refractivity contribution is -0.385. The Kier molecular flexibility index (Phi) is 4.15. The van der Waals surface area contributed by atoms with Gasteiger partial charge in [-0.2, -0.15) is 4.98 Å². The summed E-state index contributed by atoms with van der Waals surface area (Å²) in [5.74, 6) is -1.54. The summed E-state index contributed by atoms with van der Waals surface area (Å²) in [5, 5.41) is 33.9. The number of nitrogens with one attached hydrogen (secondary N) is 1. The van der Waals surface area contributed by atoms with Gasteiger partial charge in [0.2, 0.25) is 11.6 Å². The van der Waals surface area contributed by atoms with E-state index in [9.17, 15) is 25.1 Å². The van der Waals surface area contributed by atoms with Crippen LogP contribution in [0.3, 0.4) is 0 Å². The SMILES string of the molecule is CSc1c(-c2noc(-c3cc(O)c(O)c([N+](=O)[O-])c3)n2)cc[nH]c1=O. The fourth-order valence-electron chi connectivity index (χ4n) is 2.16. The smallest absolute Gasteiger partial charge is 0.315 e. The summed E-state index contributed by atoms with van der Waals surface area (Å²) in [4.78, 5) is 28.9. The Balaban J connectivity index is 2.11. The number of benzene rings is 1. The van der Waals surface area contributed by atoms with Gasteiger partial charge < -0.3 is 19.7 Å². The van der Waals surface area contributed by atoms with Gasteiger partial charge in [-0.05, 0) is 18.4 Å². The summed E-state index contributed by atoms with van der Waals surface area (Å²) in [6.45, 7) is 0. The average molecular weight is 362 g/mol. The second-order valence-electron chi connectivity index (χ2n) is 4.80. The largest absolute Gasteiger partial charge is 0.504 e. The van der Waals surface area contributed by atoms with E-state index in [4.69, 9.17) is 4.52 Å². The average Bonchev–Trinajstić information content (AvgIpc) is 3.06. The number of aromatic hydroxyl groups is 2. The number of phenolic OH excluding ortho intramolecular Hbond substituents is 2. The summed E-state index contributed by atoms with van der Waals surface area (Å²) in [6, 6.07) is 3.66. The second kappa shape index (κ2) is 6.28. The molecule has 3 aromatic rings. The van der Waals surface area contributed by atoms with E-state index >= 15 is 0 Å². The van der Waals surface area contributed by atoms with E-state index in [2.05, 4.69) is 15.1 Å². The van der Waals surface area contributed by atoms with Crippen LogP contribution in [0.1, 0.15) is 0 Å². The van der Waals surface area contributed by atoms with Crippen LogP contribution in [0.5, 0.6) is 11.5 Å². The first kappa shape index (κ1) is 16.5. The molecule has 25 heavy (non-hydrogen) atoms. The van der Waals surface area contributed by atoms with Gasteiger partial charge >= 0.3 is 5.69 Å². The number of pyridine rings is 1. The molecule has 0 saturated heterocycles. The number of hydrogen-bond acceptors (Lipinski definition) is 9. The van der Waals surface area contributed by atoms with Crippen LogP contribution in [0.2, 0.25) is 0 Å². The molecule has 0 radical (unpaired) electrons. The van der Waals surface area contributed by atoms with Crippen LogP contribution in [0.4, 0.5) is 5.69 Å². The molecule has 3 N–H and O–H groups in total. The van der Waals surface area contributed by atoms with Crippen LogP contribution in [0.15, 0.2) is 38.6 Å². The lowest BCUT2D eigenvalue weighted by Crippen LogP contribution is -2.08. The molecule has 2 heterocycles. The molecule has 0 aliphatic carbocycles. The van der Waals surface area contributed by atoms with E-state index in [-0.39, 0.29) is 22.8 Å². The number of aromatic nitrogens is 3. The van der Waals surface area contributed by atoms with Crippen molar-refractivity contribution in [1.82, 2.24) is 15.1 Å². The number of thioether (sulfide) groups is 1. The molecule has 0 amide bonds. The number of aromatic amines is 1. The maximum Gasteiger partial charge on any atom is 0.315 e. The number of nitro groups is 1.